The highest BCUT2D eigenvalue weighted by Gasteiger charge is 2.11. The molecule has 23 heavy (non-hydrogen) atoms. The van der Waals surface area contributed by atoms with Crippen LogP contribution in [0.1, 0.15) is 23.5 Å². The van der Waals surface area contributed by atoms with Crippen molar-refractivity contribution in [3.63, 3.8) is 0 Å². The normalized spacial score (nSPS) is 10.2. The SMILES string of the molecule is CCN(CC)C(=O)COc1cccc(NC(=O)c2cccs2)c1. The summed E-state index contributed by atoms with van der Waals surface area (Å²) in [5, 5.41) is 4.67. The van der Waals surface area contributed by atoms with Gasteiger partial charge >= 0.3 is 0 Å². The highest BCUT2D eigenvalue weighted by molar-refractivity contribution is 7.12. The molecule has 0 radical (unpaired) electrons. The van der Waals surface area contributed by atoms with Gasteiger partial charge in [0, 0.05) is 24.8 Å². The second-order valence-electron chi connectivity index (χ2n) is 4.81. The van der Waals surface area contributed by atoms with Gasteiger partial charge in [-0.1, -0.05) is 12.1 Å². The quantitative estimate of drug-likeness (QED) is 0.847. The van der Waals surface area contributed by atoms with Gasteiger partial charge in [0.15, 0.2) is 6.61 Å². The van der Waals surface area contributed by atoms with Gasteiger partial charge in [-0.25, -0.2) is 0 Å². The van der Waals surface area contributed by atoms with Crippen LogP contribution in [0.15, 0.2) is 41.8 Å². The van der Waals surface area contributed by atoms with Crippen molar-refractivity contribution in [3.05, 3.63) is 46.7 Å². The maximum Gasteiger partial charge on any atom is 0.265 e. The molecule has 2 rings (SSSR count). The lowest BCUT2D eigenvalue weighted by Gasteiger charge is -2.18. The second-order valence-corrected chi connectivity index (χ2v) is 5.76. The summed E-state index contributed by atoms with van der Waals surface area (Å²) >= 11 is 1.38. The Morgan fingerprint density at radius 1 is 1.17 bits per heavy atom. The molecule has 6 heteroatoms. The molecule has 0 aliphatic carbocycles. The fourth-order valence-electron chi connectivity index (χ4n) is 2.08. The molecule has 0 spiro atoms. The lowest BCUT2D eigenvalue weighted by molar-refractivity contribution is -0.132. The molecular formula is C17H20N2O3S. The van der Waals surface area contributed by atoms with E-state index in [1.807, 2.05) is 25.3 Å². The molecule has 1 N–H and O–H groups in total. The number of amides is 2. The van der Waals surface area contributed by atoms with Gasteiger partial charge in [0.2, 0.25) is 0 Å². The number of nitrogens with zero attached hydrogens (tertiary/aromatic N) is 1. The van der Waals surface area contributed by atoms with Crippen molar-refractivity contribution >= 4 is 28.8 Å². The van der Waals surface area contributed by atoms with Crippen LogP contribution < -0.4 is 10.1 Å². The van der Waals surface area contributed by atoms with E-state index in [0.717, 1.165) is 0 Å². The first-order valence-corrected chi connectivity index (χ1v) is 8.37. The van der Waals surface area contributed by atoms with E-state index in [0.29, 0.717) is 29.4 Å². The molecule has 0 unspecified atom stereocenters. The summed E-state index contributed by atoms with van der Waals surface area (Å²) in [5.74, 6) is 0.342. The van der Waals surface area contributed by atoms with Crippen LogP contribution in [-0.4, -0.2) is 36.4 Å². The zero-order chi connectivity index (χ0) is 16.7. The molecule has 0 aliphatic rings. The van der Waals surface area contributed by atoms with Gasteiger partial charge in [0.1, 0.15) is 5.75 Å². The Kier molecular flexibility index (Phi) is 6.17. The Morgan fingerprint density at radius 2 is 1.96 bits per heavy atom. The van der Waals surface area contributed by atoms with Crippen molar-refractivity contribution in [2.75, 3.05) is 25.0 Å². The van der Waals surface area contributed by atoms with Crippen molar-refractivity contribution in [3.8, 4) is 5.75 Å². The molecular weight excluding hydrogens is 312 g/mol. The van der Waals surface area contributed by atoms with Crippen LogP contribution >= 0.6 is 11.3 Å². The van der Waals surface area contributed by atoms with E-state index in [2.05, 4.69) is 5.32 Å². The number of benzene rings is 1. The Labute approximate surface area is 139 Å². The molecule has 0 bridgehead atoms. The van der Waals surface area contributed by atoms with Crippen LogP contribution in [0, 0.1) is 0 Å². The van der Waals surface area contributed by atoms with Gasteiger partial charge in [0.05, 0.1) is 4.88 Å². The van der Waals surface area contributed by atoms with E-state index in [1.54, 1.807) is 35.2 Å². The van der Waals surface area contributed by atoms with Crippen LogP contribution in [0.4, 0.5) is 5.69 Å². The Morgan fingerprint density at radius 3 is 2.61 bits per heavy atom. The number of carbonyl (C=O) groups excluding carboxylic acids is 2. The largest absolute Gasteiger partial charge is 0.484 e. The van der Waals surface area contributed by atoms with E-state index < -0.39 is 0 Å². The number of rotatable bonds is 7. The topological polar surface area (TPSA) is 58.6 Å². The molecule has 1 aromatic heterocycles. The first-order chi connectivity index (χ1) is 11.1. The molecule has 122 valence electrons. The monoisotopic (exact) mass is 332 g/mol. The molecule has 0 atom stereocenters. The first-order valence-electron chi connectivity index (χ1n) is 7.49. The molecule has 2 aromatic rings. The number of carbonyl (C=O) groups is 2. The minimum absolute atomic E-state index is 0.00992. The lowest BCUT2D eigenvalue weighted by Crippen LogP contribution is -2.34. The average Bonchev–Trinajstić information content (AvgIpc) is 3.09. The summed E-state index contributed by atoms with van der Waals surface area (Å²) < 4.78 is 5.53. The molecule has 5 nitrogen and oxygen atoms in total. The van der Waals surface area contributed by atoms with E-state index in [4.69, 9.17) is 4.74 Å². The van der Waals surface area contributed by atoms with Crippen LogP contribution in [-0.2, 0) is 4.79 Å². The fraction of sp³-hybridized carbons (Fsp3) is 0.294. The summed E-state index contributed by atoms with van der Waals surface area (Å²) in [6, 6.07) is 10.6. The number of hydrogen-bond donors (Lipinski definition) is 1. The van der Waals surface area contributed by atoms with E-state index in [1.165, 1.54) is 11.3 Å². The summed E-state index contributed by atoms with van der Waals surface area (Å²) in [7, 11) is 0. The second kappa shape index (κ2) is 8.33. The number of likely N-dealkylation sites (N-methyl/N-ethyl adjacent to an activating group) is 1. The summed E-state index contributed by atoms with van der Waals surface area (Å²) in [5.41, 5.74) is 0.635. The first kappa shape index (κ1) is 17.0. The van der Waals surface area contributed by atoms with Gasteiger partial charge in [-0.3, -0.25) is 9.59 Å². The number of anilines is 1. The van der Waals surface area contributed by atoms with Crippen LogP contribution in [0.5, 0.6) is 5.75 Å². The van der Waals surface area contributed by atoms with Gasteiger partial charge in [-0.2, -0.15) is 0 Å². The Hall–Kier alpha value is -2.34. The predicted octanol–water partition coefficient (Wildman–Crippen LogP) is 3.25. The zero-order valence-corrected chi connectivity index (χ0v) is 14.1. The number of thiophene rings is 1. The molecule has 1 heterocycles. The third kappa shape index (κ3) is 4.82. The van der Waals surface area contributed by atoms with Crippen molar-refractivity contribution in [1.29, 1.82) is 0 Å². The third-order valence-corrected chi connectivity index (χ3v) is 4.18. The van der Waals surface area contributed by atoms with E-state index in [9.17, 15) is 9.59 Å². The van der Waals surface area contributed by atoms with Gasteiger partial charge < -0.3 is 15.0 Å². The van der Waals surface area contributed by atoms with Crippen molar-refractivity contribution in [1.82, 2.24) is 4.90 Å². The van der Waals surface area contributed by atoms with Gasteiger partial charge in [-0.15, -0.1) is 11.3 Å². The zero-order valence-electron chi connectivity index (χ0n) is 13.2. The average molecular weight is 332 g/mol. The number of hydrogen-bond acceptors (Lipinski definition) is 4. The van der Waals surface area contributed by atoms with Crippen molar-refractivity contribution in [2.24, 2.45) is 0 Å². The van der Waals surface area contributed by atoms with Crippen LogP contribution in [0.25, 0.3) is 0 Å². The molecule has 1 aromatic carbocycles. The fourth-order valence-corrected chi connectivity index (χ4v) is 2.70. The van der Waals surface area contributed by atoms with Crippen LogP contribution in [0.3, 0.4) is 0 Å². The minimum Gasteiger partial charge on any atom is -0.484 e. The minimum atomic E-state index is -0.156. The van der Waals surface area contributed by atoms with Gasteiger partial charge in [-0.05, 0) is 37.4 Å². The molecule has 2 amide bonds. The molecule has 0 saturated heterocycles. The third-order valence-electron chi connectivity index (χ3n) is 3.32. The van der Waals surface area contributed by atoms with E-state index >= 15 is 0 Å². The maximum atomic E-state index is 12.0. The predicted molar refractivity (Wildman–Crippen MR) is 92.1 cm³/mol. The standard InChI is InChI=1S/C17H20N2O3S/c1-3-19(4-2)16(20)12-22-14-8-5-7-13(11-14)18-17(21)15-9-6-10-23-15/h5-11H,3-4,12H2,1-2H3,(H,18,21). The van der Waals surface area contributed by atoms with Crippen LogP contribution in [0.2, 0.25) is 0 Å². The lowest BCUT2D eigenvalue weighted by atomic mass is 10.3. The molecule has 0 saturated carbocycles. The summed E-state index contributed by atoms with van der Waals surface area (Å²) in [4.78, 5) is 26.3. The summed E-state index contributed by atoms with van der Waals surface area (Å²) in [6.45, 7) is 5.18. The highest BCUT2D eigenvalue weighted by atomic mass is 32.1. The van der Waals surface area contributed by atoms with Gasteiger partial charge in [0.25, 0.3) is 11.8 Å². The summed E-state index contributed by atoms with van der Waals surface area (Å²) in [6.07, 6.45) is 0. The number of ether oxygens (including phenoxy) is 1. The van der Waals surface area contributed by atoms with Crippen molar-refractivity contribution in [2.45, 2.75) is 13.8 Å². The van der Waals surface area contributed by atoms with Crippen molar-refractivity contribution < 1.29 is 14.3 Å². The highest BCUT2D eigenvalue weighted by Crippen LogP contribution is 2.19. The Bertz CT molecular complexity index is 652. The molecule has 0 aliphatic heterocycles. The Balaban J connectivity index is 1.94. The van der Waals surface area contributed by atoms with E-state index in [-0.39, 0.29) is 18.4 Å². The maximum absolute atomic E-state index is 12.0. The smallest absolute Gasteiger partial charge is 0.265 e. The molecule has 0 fully saturated rings. The number of nitrogens with one attached hydrogen (secondary N) is 1.